The molecule has 0 amide bonds. The minimum atomic E-state index is -1.63. The van der Waals surface area contributed by atoms with Gasteiger partial charge in [-0.1, -0.05) is 172 Å². The van der Waals surface area contributed by atoms with Crippen LogP contribution in [0.25, 0.3) is 0 Å². The van der Waals surface area contributed by atoms with Gasteiger partial charge in [-0.25, -0.2) is 0 Å². The lowest BCUT2D eigenvalue weighted by molar-refractivity contribution is -0.870. The number of esters is 2. The van der Waals surface area contributed by atoms with Crippen LogP contribution in [-0.4, -0.2) is 82.3 Å². The Labute approximate surface area is 381 Å². The van der Waals surface area contributed by atoms with Crippen molar-refractivity contribution in [1.29, 1.82) is 0 Å². The van der Waals surface area contributed by atoms with E-state index >= 15 is 0 Å². The lowest BCUT2D eigenvalue weighted by atomic mass is 10.1. The van der Waals surface area contributed by atoms with Crippen LogP contribution in [0.3, 0.4) is 0 Å². The van der Waals surface area contributed by atoms with Gasteiger partial charge in [-0.05, 0) is 77.0 Å². The molecule has 0 fully saturated rings. The maximum Gasteiger partial charge on any atom is 0.306 e. The van der Waals surface area contributed by atoms with Gasteiger partial charge in [-0.15, -0.1) is 0 Å². The van der Waals surface area contributed by atoms with Crippen molar-refractivity contribution in [3.8, 4) is 0 Å². The van der Waals surface area contributed by atoms with Crippen molar-refractivity contribution in [2.24, 2.45) is 0 Å². The topological polar surface area (TPSA) is 111 Å². The van der Waals surface area contributed by atoms with E-state index in [0.29, 0.717) is 17.4 Å². The van der Waals surface area contributed by atoms with E-state index in [1.54, 1.807) is 0 Å². The third kappa shape index (κ3) is 45.3. The van der Waals surface area contributed by atoms with E-state index in [1.165, 1.54) is 103 Å². The Morgan fingerprint density at radius 3 is 1.29 bits per heavy atom. The van der Waals surface area contributed by atoms with Crippen molar-refractivity contribution in [3.63, 3.8) is 0 Å². The molecule has 0 aliphatic rings. The van der Waals surface area contributed by atoms with Crippen LogP contribution >= 0.6 is 0 Å². The molecule has 0 N–H and O–H groups in total. The lowest BCUT2D eigenvalue weighted by Crippen LogP contribution is -2.44. The number of carboxylic acid groups (broad SMARTS) is 1. The third-order valence-electron chi connectivity index (χ3n) is 10.8. The van der Waals surface area contributed by atoms with Crippen LogP contribution in [0.1, 0.15) is 213 Å². The first-order valence-electron chi connectivity index (χ1n) is 25.3. The van der Waals surface area contributed by atoms with Crippen LogP contribution in [-0.2, 0) is 33.3 Å². The van der Waals surface area contributed by atoms with Gasteiger partial charge in [0, 0.05) is 12.8 Å². The molecule has 0 rings (SSSR count). The second-order valence-electron chi connectivity index (χ2n) is 18.1. The number of quaternary nitrogens is 1. The summed E-state index contributed by atoms with van der Waals surface area (Å²) in [6.07, 6.45) is 49.9. The molecule has 2 atom stereocenters. The predicted molar refractivity (Wildman–Crippen MR) is 255 cm³/mol. The fourth-order valence-corrected chi connectivity index (χ4v) is 6.83. The summed E-state index contributed by atoms with van der Waals surface area (Å²) in [6.45, 7) is 4.70. The molecule has 0 saturated carbocycles. The number of hydrogen-bond donors (Lipinski definition) is 0. The quantitative estimate of drug-likeness (QED) is 0.0195. The van der Waals surface area contributed by atoms with Gasteiger partial charge in [0.25, 0.3) is 0 Å². The number of carboxylic acids is 1. The number of likely N-dealkylation sites (N-methyl/N-ethyl adjacent to an activating group) is 1. The number of hydrogen-bond acceptors (Lipinski definition) is 8. The number of carbonyl (C=O) groups excluding carboxylic acids is 3. The molecule has 9 heteroatoms. The maximum atomic E-state index is 12.8. The molecule has 62 heavy (non-hydrogen) atoms. The van der Waals surface area contributed by atoms with Gasteiger partial charge in [0.2, 0.25) is 0 Å². The first-order chi connectivity index (χ1) is 30.1. The number of unbranched alkanes of at least 4 members (excludes halogenated alkanes) is 23. The summed E-state index contributed by atoms with van der Waals surface area (Å²) in [5, 5.41) is 11.7. The van der Waals surface area contributed by atoms with E-state index < -0.39 is 24.3 Å². The largest absolute Gasteiger partial charge is 0.545 e. The highest BCUT2D eigenvalue weighted by Crippen LogP contribution is 2.14. The van der Waals surface area contributed by atoms with Crippen molar-refractivity contribution in [2.45, 2.75) is 225 Å². The van der Waals surface area contributed by atoms with E-state index in [1.807, 2.05) is 21.1 Å². The standard InChI is InChI=1S/C53H95NO8/c1-6-8-10-12-14-16-18-20-22-24-25-26-27-28-30-32-34-36-38-40-42-44-51(56)62-49(48-61-53(52(57)58)59-46-45-54(3,4)5)47-60-50(55)43-41-39-37-35-33-31-29-23-21-19-17-15-13-11-9-7-2/h17-20,23-25,29,49,53H,6-16,21-22,26-28,30-48H2,1-5H3/b19-17-,20-18-,25-24-,29-23-. The summed E-state index contributed by atoms with van der Waals surface area (Å²) in [6, 6.07) is 0. The number of aliphatic carboxylic acids is 1. The molecule has 0 aliphatic heterocycles. The number of nitrogens with zero attached hydrogens (tertiary/aromatic N) is 1. The van der Waals surface area contributed by atoms with Crippen molar-refractivity contribution >= 4 is 17.9 Å². The fraction of sp³-hybridized carbons (Fsp3) is 0.792. The highest BCUT2D eigenvalue weighted by molar-refractivity contribution is 5.70. The molecular formula is C53H95NO8. The van der Waals surface area contributed by atoms with E-state index in [0.717, 1.165) is 77.0 Å². The molecule has 0 saturated heterocycles. The molecule has 0 aliphatic carbocycles. The van der Waals surface area contributed by atoms with Crippen LogP contribution in [0.2, 0.25) is 0 Å². The Morgan fingerprint density at radius 1 is 0.484 bits per heavy atom. The average molecular weight is 874 g/mol. The van der Waals surface area contributed by atoms with Crippen LogP contribution in [0.5, 0.6) is 0 Å². The Hall–Kier alpha value is -2.75. The highest BCUT2D eigenvalue weighted by atomic mass is 16.7. The normalized spacial score (nSPS) is 13.2. The van der Waals surface area contributed by atoms with E-state index in [9.17, 15) is 19.5 Å². The van der Waals surface area contributed by atoms with Crippen molar-refractivity contribution in [3.05, 3.63) is 48.6 Å². The predicted octanol–water partition coefficient (Wildman–Crippen LogP) is 12.6. The zero-order valence-corrected chi connectivity index (χ0v) is 40.7. The van der Waals surface area contributed by atoms with Crippen molar-refractivity contribution < 1.29 is 42.9 Å². The average Bonchev–Trinajstić information content (AvgIpc) is 3.23. The Morgan fingerprint density at radius 2 is 0.871 bits per heavy atom. The lowest BCUT2D eigenvalue weighted by Gasteiger charge is -2.26. The molecule has 2 unspecified atom stereocenters. The highest BCUT2D eigenvalue weighted by Gasteiger charge is 2.21. The monoisotopic (exact) mass is 874 g/mol. The molecule has 360 valence electrons. The second kappa shape index (κ2) is 44.8. The first kappa shape index (κ1) is 59.2. The van der Waals surface area contributed by atoms with Gasteiger partial charge < -0.3 is 33.3 Å². The minimum Gasteiger partial charge on any atom is -0.545 e. The van der Waals surface area contributed by atoms with Gasteiger partial charge in [0.05, 0.1) is 40.3 Å². The van der Waals surface area contributed by atoms with Crippen LogP contribution in [0, 0.1) is 0 Å². The minimum absolute atomic E-state index is 0.143. The van der Waals surface area contributed by atoms with Crippen molar-refractivity contribution in [2.75, 3.05) is 47.5 Å². The van der Waals surface area contributed by atoms with Gasteiger partial charge >= 0.3 is 11.9 Å². The zero-order chi connectivity index (χ0) is 45.6. The summed E-state index contributed by atoms with van der Waals surface area (Å²) < 4.78 is 22.6. The Kier molecular flexibility index (Phi) is 42.9. The molecule has 0 bridgehead atoms. The van der Waals surface area contributed by atoms with Crippen LogP contribution in [0.15, 0.2) is 48.6 Å². The van der Waals surface area contributed by atoms with Gasteiger partial charge in [-0.3, -0.25) is 9.59 Å². The van der Waals surface area contributed by atoms with E-state index in [-0.39, 0.29) is 38.6 Å². The summed E-state index contributed by atoms with van der Waals surface area (Å²) in [5.74, 6) is -2.31. The number of rotatable bonds is 46. The second-order valence-corrected chi connectivity index (χ2v) is 18.1. The fourth-order valence-electron chi connectivity index (χ4n) is 6.83. The molecule has 0 aromatic heterocycles. The summed E-state index contributed by atoms with van der Waals surface area (Å²) in [7, 11) is 5.91. The van der Waals surface area contributed by atoms with E-state index in [4.69, 9.17) is 18.9 Å². The van der Waals surface area contributed by atoms with E-state index in [2.05, 4.69) is 62.5 Å². The Bertz CT molecular complexity index is 1160. The zero-order valence-electron chi connectivity index (χ0n) is 40.7. The van der Waals surface area contributed by atoms with Crippen LogP contribution < -0.4 is 5.11 Å². The van der Waals surface area contributed by atoms with Crippen molar-refractivity contribution in [1.82, 2.24) is 0 Å². The van der Waals surface area contributed by atoms with Gasteiger partial charge in [-0.2, -0.15) is 0 Å². The molecule has 0 aromatic carbocycles. The number of ether oxygens (including phenoxy) is 4. The Balaban J connectivity index is 4.38. The molecule has 9 nitrogen and oxygen atoms in total. The summed E-state index contributed by atoms with van der Waals surface area (Å²) in [5.41, 5.74) is 0. The third-order valence-corrected chi connectivity index (χ3v) is 10.8. The van der Waals surface area contributed by atoms with Gasteiger partial charge in [0.1, 0.15) is 13.2 Å². The molecule has 0 aromatic rings. The van der Waals surface area contributed by atoms with Crippen LogP contribution in [0.4, 0.5) is 0 Å². The number of carbonyl (C=O) groups is 3. The molecule has 0 radical (unpaired) electrons. The maximum absolute atomic E-state index is 12.8. The summed E-state index contributed by atoms with van der Waals surface area (Å²) >= 11 is 0. The number of allylic oxidation sites excluding steroid dienone is 8. The molecule has 0 heterocycles. The molecule has 0 spiro atoms. The first-order valence-corrected chi connectivity index (χ1v) is 25.3. The SMILES string of the molecule is CCCCCC/C=C\C/C=C\CCCCCCCC(=O)OCC(COC(OCC[N+](C)(C)C)C(=O)[O-])OC(=O)CCCCCCCCCCC/C=C\C/C=C\CCCCCCC. The smallest absolute Gasteiger partial charge is 0.306 e. The summed E-state index contributed by atoms with van der Waals surface area (Å²) in [4.78, 5) is 37.1. The van der Waals surface area contributed by atoms with Gasteiger partial charge in [0.15, 0.2) is 12.4 Å². The molecular weight excluding hydrogens is 779 g/mol.